The number of halogens is 1. The number of hydrogen-bond acceptors (Lipinski definition) is 5. The van der Waals surface area contributed by atoms with E-state index in [2.05, 4.69) is 26.0 Å². The molecular formula is C10H9BrN2O5. The van der Waals surface area contributed by atoms with E-state index in [-0.39, 0.29) is 22.3 Å². The lowest BCUT2D eigenvalue weighted by Crippen LogP contribution is -2.12. The summed E-state index contributed by atoms with van der Waals surface area (Å²) < 4.78 is 4.36. The number of nitrogens with one attached hydrogen (secondary N) is 1. The molecule has 8 heteroatoms. The van der Waals surface area contributed by atoms with Crippen LogP contribution in [0.25, 0.3) is 0 Å². The molecule has 96 valence electrons. The first-order valence-corrected chi connectivity index (χ1v) is 5.84. The van der Waals surface area contributed by atoms with Gasteiger partial charge >= 0.3 is 6.09 Å². The van der Waals surface area contributed by atoms with Crippen LogP contribution < -0.4 is 5.32 Å². The molecule has 0 aliphatic rings. The zero-order chi connectivity index (χ0) is 13.7. The van der Waals surface area contributed by atoms with E-state index in [1.807, 2.05) is 0 Å². The number of carbonyl (C=O) groups is 2. The summed E-state index contributed by atoms with van der Waals surface area (Å²) >= 11 is 2.94. The fourth-order valence-electron chi connectivity index (χ4n) is 1.24. The molecule has 0 radical (unpaired) electrons. The largest absolute Gasteiger partial charge is 0.453 e. The molecule has 0 aliphatic carbocycles. The van der Waals surface area contributed by atoms with Crippen molar-refractivity contribution in [2.75, 3.05) is 17.8 Å². The van der Waals surface area contributed by atoms with Crippen molar-refractivity contribution in [3.8, 4) is 0 Å². The molecule has 0 aromatic heterocycles. The predicted molar refractivity (Wildman–Crippen MR) is 67.2 cm³/mol. The topological polar surface area (TPSA) is 98.5 Å². The molecular weight excluding hydrogens is 308 g/mol. The summed E-state index contributed by atoms with van der Waals surface area (Å²) in [4.78, 5) is 32.6. The van der Waals surface area contributed by atoms with Gasteiger partial charge in [-0.2, -0.15) is 0 Å². The van der Waals surface area contributed by atoms with E-state index in [4.69, 9.17) is 0 Å². The standard InChI is InChI=1S/C10H9BrN2O5/c1-18-10(15)12-6-2-3-7(9(14)5-11)8(4-6)13(16)17/h2-4H,5H2,1H3,(H,12,15). The van der Waals surface area contributed by atoms with Gasteiger partial charge in [0.05, 0.1) is 28.6 Å². The number of rotatable bonds is 4. The summed E-state index contributed by atoms with van der Waals surface area (Å²) in [6.07, 6.45) is -0.746. The summed E-state index contributed by atoms with van der Waals surface area (Å²) in [5.41, 5.74) is -0.208. The third-order valence-electron chi connectivity index (χ3n) is 2.05. The molecule has 0 unspecified atom stereocenters. The van der Waals surface area contributed by atoms with Gasteiger partial charge in [-0.3, -0.25) is 20.2 Å². The van der Waals surface area contributed by atoms with Crippen molar-refractivity contribution in [3.63, 3.8) is 0 Å². The molecule has 1 aromatic rings. The van der Waals surface area contributed by atoms with Gasteiger partial charge in [-0.15, -0.1) is 0 Å². The maximum absolute atomic E-state index is 11.5. The lowest BCUT2D eigenvalue weighted by Gasteiger charge is -2.05. The molecule has 0 fully saturated rings. The second-order valence-corrected chi connectivity index (χ2v) is 3.72. The minimum atomic E-state index is -0.746. The molecule has 1 amide bonds. The van der Waals surface area contributed by atoms with Crippen LogP contribution in [-0.2, 0) is 4.74 Å². The van der Waals surface area contributed by atoms with Crippen molar-refractivity contribution < 1.29 is 19.2 Å². The van der Waals surface area contributed by atoms with Crippen LogP contribution in [0.2, 0.25) is 0 Å². The minimum Gasteiger partial charge on any atom is -0.453 e. The van der Waals surface area contributed by atoms with E-state index in [1.165, 1.54) is 19.2 Å². The third kappa shape index (κ3) is 3.27. The van der Waals surface area contributed by atoms with Crippen molar-refractivity contribution >= 4 is 39.2 Å². The normalized spacial score (nSPS) is 9.67. The van der Waals surface area contributed by atoms with Gasteiger partial charge in [-0.05, 0) is 12.1 Å². The molecule has 0 atom stereocenters. The van der Waals surface area contributed by atoms with Gasteiger partial charge in [-0.1, -0.05) is 15.9 Å². The smallest absolute Gasteiger partial charge is 0.411 e. The summed E-state index contributed by atoms with van der Waals surface area (Å²) in [7, 11) is 1.17. The molecule has 1 rings (SSSR count). The van der Waals surface area contributed by atoms with Gasteiger partial charge < -0.3 is 4.74 Å². The van der Waals surface area contributed by atoms with Crippen molar-refractivity contribution in [1.82, 2.24) is 0 Å². The Kier molecular flexibility index (Phi) is 4.78. The van der Waals surface area contributed by atoms with Crippen molar-refractivity contribution in [2.45, 2.75) is 0 Å². The first-order chi connectivity index (χ1) is 8.49. The fraction of sp³-hybridized carbons (Fsp3) is 0.200. The number of alkyl halides is 1. The molecule has 0 saturated heterocycles. The molecule has 18 heavy (non-hydrogen) atoms. The summed E-state index contributed by atoms with van der Waals surface area (Å²) in [5, 5.41) is 13.1. The molecule has 1 aromatic carbocycles. The Balaban J connectivity index is 3.15. The number of nitro benzene ring substituents is 1. The summed E-state index contributed by atoms with van der Waals surface area (Å²) in [6, 6.07) is 3.78. The highest BCUT2D eigenvalue weighted by molar-refractivity contribution is 9.09. The number of benzene rings is 1. The van der Waals surface area contributed by atoms with Crippen LogP contribution in [0.5, 0.6) is 0 Å². The van der Waals surface area contributed by atoms with E-state index < -0.39 is 16.8 Å². The molecule has 7 nitrogen and oxygen atoms in total. The first-order valence-electron chi connectivity index (χ1n) is 4.72. The van der Waals surface area contributed by atoms with Crippen molar-refractivity contribution in [3.05, 3.63) is 33.9 Å². The summed E-state index contributed by atoms with van der Waals surface area (Å²) in [5.74, 6) is -0.411. The van der Waals surface area contributed by atoms with Crippen LogP contribution in [0.15, 0.2) is 18.2 Å². The second-order valence-electron chi connectivity index (χ2n) is 3.16. The summed E-state index contributed by atoms with van der Waals surface area (Å²) in [6.45, 7) is 0. The number of hydrogen-bond donors (Lipinski definition) is 1. The van der Waals surface area contributed by atoms with Gasteiger partial charge in [0.25, 0.3) is 5.69 Å². The Morgan fingerprint density at radius 2 is 2.17 bits per heavy atom. The number of anilines is 1. The molecule has 1 N–H and O–H groups in total. The van der Waals surface area contributed by atoms with Gasteiger partial charge in [0, 0.05) is 6.07 Å². The number of nitro groups is 1. The molecule has 0 heterocycles. The maximum Gasteiger partial charge on any atom is 0.411 e. The fourth-order valence-corrected chi connectivity index (χ4v) is 1.54. The number of nitrogens with zero attached hydrogens (tertiary/aromatic N) is 1. The van der Waals surface area contributed by atoms with Gasteiger partial charge in [0.2, 0.25) is 0 Å². The van der Waals surface area contributed by atoms with E-state index >= 15 is 0 Å². The number of amides is 1. The molecule has 0 saturated carbocycles. The molecule has 0 bridgehead atoms. The molecule has 0 aliphatic heterocycles. The SMILES string of the molecule is COC(=O)Nc1ccc(C(=O)CBr)c([N+](=O)[O-])c1. The predicted octanol–water partition coefficient (Wildman–Crippen LogP) is 2.35. The Labute approximate surface area is 110 Å². The highest BCUT2D eigenvalue weighted by Crippen LogP contribution is 2.24. The zero-order valence-electron chi connectivity index (χ0n) is 9.31. The monoisotopic (exact) mass is 316 g/mol. The van der Waals surface area contributed by atoms with Crippen molar-refractivity contribution in [2.24, 2.45) is 0 Å². The van der Waals surface area contributed by atoms with Gasteiger partial charge in [0.1, 0.15) is 0 Å². The van der Waals surface area contributed by atoms with Crippen LogP contribution >= 0.6 is 15.9 Å². The quantitative estimate of drug-likeness (QED) is 0.398. The highest BCUT2D eigenvalue weighted by Gasteiger charge is 2.20. The minimum absolute atomic E-state index is 0.0163. The Bertz CT molecular complexity index is 503. The Morgan fingerprint density at radius 1 is 1.50 bits per heavy atom. The van der Waals surface area contributed by atoms with Gasteiger partial charge in [0.15, 0.2) is 5.78 Å². The number of carbonyl (C=O) groups excluding carboxylic acids is 2. The maximum atomic E-state index is 11.5. The number of ether oxygens (including phenoxy) is 1. The van der Waals surface area contributed by atoms with Crippen LogP contribution in [0, 0.1) is 10.1 Å². The van der Waals surface area contributed by atoms with E-state index in [0.29, 0.717) is 0 Å². The lowest BCUT2D eigenvalue weighted by molar-refractivity contribution is -0.385. The number of Topliss-reactive ketones (excluding diaryl/α,β-unsaturated/α-hetero) is 1. The Hall–Kier alpha value is -1.96. The van der Waals surface area contributed by atoms with Gasteiger partial charge in [-0.25, -0.2) is 4.79 Å². The van der Waals surface area contributed by atoms with E-state index in [0.717, 1.165) is 6.07 Å². The number of methoxy groups -OCH3 is 1. The third-order valence-corrected chi connectivity index (χ3v) is 2.56. The van der Waals surface area contributed by atoms with E-state index in [1.54, 1.807) is 0 Å². The average Bonchev–Trinajstić information content (AvgIpc) is 2.37. The van der Waals surface area contributed by atoms with Crippen LogP contribution in [-0.4, -0.2) is 29.2 Å². The van der Waals surface area contributed by atoms with Crippen LogP contribution in [0.1, 0.15) is 10.4 Å². The van der Waals surface area contributed by atoms with Crippen LogP contribution in [0.4, 0.5) is 16.2 Å². The first kappa shape index (κ1) is 14.1. The zero-order valence-corrected chi connectivity index (χ0v) is 10.9. The van der Waals surface area contributed by atoms with Crippen LogP contribution in [0.3, 0.4) is 0 Å². The number of ketones is 1. The van der Waals surface area contributed by atoms with E-state index in [9.17, 15) is 19.7 Å². The average molecular weight is 317 g/mol. The second kappa shape index (κ2) is 6.10. The lowest BCUT2D eigenvalue weighted by atomic mass is 10.1. The van der Waals surface area contributed by atoms with Crippen molar-refractivity contribution in [1.29, 1.82) is 0 Å². The highest BCUT2D eigenvalue weighted by atomic mass is 79.9. The molecule has 0 spiro atoms. The Morgan fingerprint density at radius 3 is 2.67 bits per heavy atom.